The second-order valence-electron chi connectivity index (χ2n) is 6.91. The van der Waals surface area contributed by atoms with Crippen LogP contribution in [0.3, 0.4) is 0 Å². The maximum absolute atomic E-state index is 4.82. The van der Waals surface area contributed by atoms with E-state index in [1.807, 2.05) is 59.4 Å². The third-order valence-electron chi connectivity index (χ3n) is 5.04. The Kier molecular flexibility index (Phi) is 3.40. The summed E-state index contributed by atoms with van der Waals surface area (Å²) in [5, 5.41) is 13.7. The third-order valence-corrected chi connectivity index (χ3v) is 5.04. The summed E-state index contributed by atoms with van der Waals surface area (Å²) in [7, 11) is 0. The van der Waals surface area contributed by atoms with E-state index in [9.17, 15) is 0 Å². The minimum absolute atomic E-state index is 0.708. The van der Waals surface area contributed by atoms with Crippen LogP contribution < -0.4 is 0 Å². The molecule has 0 saturated carbocycles. The molecule has 6 aromatic rings. The summed E-state index contributed by atoms with van der Waals surface area (Å²) in [4.78, 5) is 8.89. The van der Waals surface area contributed by atoms with Gasteiger partial charge in [-0.1, -0.05) is 18.2 Å². The molecule has 7 nitrogen and oxygen atoms in total. The van der Waals surface area contributed by atoms with Crippen molar-refractivity contribution in [3.05, 3.63) is 84.3 Å². The van der Waals surface area contributed by atoms with Crippen LogP contribution in [0.4, 0.5) is 0 Å². The minimum atomic E-state index is 0.708. The predicted molar refractivity (Wildman–Crippen MR) is 108 cm³/mol. The molecular formula is C22H14N6O. The number of hydrogen-bond acceptors (Lipinski definition) is 6. The standard InChI is InChI=1S/C22H14N6O/c1-2-15-10-14(3-5-18(15)23-9-1)11-17-13-24-22-8-7-19(25-28(17)22)16-4-6-20-21(12-16)27-29-26-20/h1-10,12-13H,11H2. The number of hydrogen-bond donors (Lipinski definition) is 0. The Balaban J connectivity index is 1.41. The van der Waals surface area contributed by atoms with Crippen molar-refractivity contribution in [2.45, 2.75) is 6.42 Å². The number of aromatic nitrogens is 6. The molecule has 4 heterocycles. The van der Waals surface area contributed by atoms with Gasteiger partial charge in [-0.05, 0) is 58.3 Å². The monoisotopic (exact) mass is 378 g/mol. The summed E-state index contributed by atoms with van der Waals surface area (Å²) in [6, 6.07) is 20.0. The molecule has 0 unspecified atom stereocenters. The van der Waals surface area contributed by atoms with Gasteiger partial charge in [0, 0.05) is 23.6 Å². The van der Waals surface area contributed by atoms with Crippen molar-refractivity contribution in [3.63, 3.8) is 0 Å². The fraction of sp³-hybridized carbons (Fsp3) is 0.0455. The van der Waals surface area contributed by atoms with Gasteiger partial charge < -0.3 is 0 Å². The van der Waals surface area contributed by atoms with Crippen LogP contribution in [0.5, 0.6) is 0 Å². The minimum Gasteiger partial charge on any atom is -0.256 e. The van der Waals surface area contributed by atoms with Gasteiger partial charge in [-0.15, -0.1) is 0 Å². The number of rotatable bonds is 3. The SMILES string of the molecule is c1cnc2ccc(Cc3cnc4ccc(-c5ccc6nonc6c5)nn34)cc2c1. The topological polar surface area (TPSA) is 82.0 Å². The molecule has 0 N–H and O–H groups in total. The van der Waals surface area contributed by atoms with Gasteiger partial charge in [-0.2, -0.15) is 5.10 Å². The molecule has 2 aromatic carbocycles. The van der Waals surface area contributed by atoms with Gasteiger partial charge in [-0.3, -0.25) is 4.98 Å². The average molecular weight is 378 g/mol. The first-order valence-electron chi connectivity index (χ1n) is 9.23. The van der Waals surface area contributed by atoms with E-state index >= 15 is 0 Å². The molecule has 0 fully saturated rings. The zero-order valence-corrected chi connectivity index (χ0v) is 15.2. The fourth-order valence-corrected chi connectivity index (χ4v) is 3.58. The maximum atomic E-state index is 4.82. The summed E-state index contributed by atoms with van der Waals surface area (Å²) >= 11 is 0. The molecule has 0 spiro atoms. The van der Waals surface area contributed by atoms with E-state index < -0.39 is 0 Å². The van der Waals surface area contributed by atoms with Crippen LogP contribution in [0.25, 0.3) is 38.8 Å². The van der Waals surface area contributed by atoms with E-state index in [2.05, 4.69) is 38.5 Å². The van der Waals surface area contributed by atoms with E-state index in [0.29, 0.717) is 5.52 Å². The van der Waals surface area contributed by atoms with Crippen LogP contribution in [0.2, 0.25) is 0 Å². The van der Waals surface area contributed by atoms with E-state index in [-0.39, 0.29) is 0 Å². The van der Waals surface area contributed by atoms with Crippen LogP contribution in [0, 0.1) is 0 Å². The summed E-state index contributed by atoms with van der Waals surface area (Å²) < 4.78 is 6.69. The van der Waals surface area contributed by atoms with E-state index in [0.717, 1.165) is 45.4 Å². The van der Waals surface area contributed by atoms with Crippen molar-refractivity contribution in [2.75, 3.05) is 0 Å². The molecular weight excluding hydrogens is 364 g/mol. The quantitative estimate of drug-likeness (QED) is 0.462. The van der Waals surface area contributed by atoms with Crippen LogP contribution >= 0.6 is 0 Å². The molecule has 0 saturated heterocycles. The van der Waals surface area contributed by atoms with Crippen LogP contribution in [0.15, 0.2) is 77.7 Å². The van der Waals surface area contributed by atoms with Crippen molar-refractivity contribution in [2.24, 2.45) is 0 Å². The van der Waals surface area contributed by atoms with Gasteiger partial charge in [0.15, 0.2) is 5.65 Å². The average Bonchev–Trinajstić information content (AvgIpc) is 3.40. The summed E-state index contributed by atoms with van der Waals surface area (Å²) in [5.74, 6) is 0. The summed E-state index contributed by atoms with van der Waals surface area (Å²) in [6.07, 6.45) is 4.42. The van der Waals surface area contributed by atoms with Crippen LogP contribution in [-0.2, 0) is 6.42 Å². The molecule has 0 atom stereocenters. The highest BCUT2D eigenvalue weighted by Crippen LogP contribution is 2.23. The molecule has 4 aromatic heterocycles. The number of imidazole rings is 1. The number of benzene rings is 2. The van der Waals surface area contributed by atoms with Gasteiger partial charge in [0.05, 0.1) is 23.1 Å². The first kappa shape index (κ1) is 15.9. The molecule has 0 bridgehead atoms. The molecule has 6 rings (SSSR count). The van der Waals surface area contributed by atoms with Crippen molar-refractivity contribution in [1.82, 2.24) is 29.9 Å². The Morgan fingerprint density at radius 1 is 0.828 bits per heavy atom. The van der Waals surface area contributed by atoms with Gasteiger partial charge in [0.1, 0.15) is 11.0 Å². The highest BCUT2D eigenvalue weighted by molar-refractivity contribution is 5.80. The van der Waals surface area contributed by atoms with Gasteiger partial charge in [0.2, 0.25) is 0 Å². The van der Waals surface area contributed by atoms with Crippen LogP contribution in [-0.4, -0.2) is 29.9 Å². The Morgan fingerprint density at radius 2 is 1.76 bits per heavy atom. The largest absolute Gasteiger partial charge is 0.256 e. The first-order valence-corrected chi connectivity index (χ1v) is 9.23. The fourth-order valence-electron chi connectivity index (χ4n) is 3.58. The number of nitrogens with zero attached hydrogens (tertiary/aromatic N) is 6. The van der Waals surface area contributed by atoms with Crippen molar-refractivity contribution in [1.29, 1.82) is 0 Å². The van der Waals surface area contributed by atoms with Gasteiger partial charge >= 0.3 is 0 Å². The molecule has 29 heavy (non-hydrogen) atoms. The highest BCUT2D eigenvalue weighted by Gasteiger charge is 2.10. The first-order chi connectivity index (χ1) is 14.3. The Morgan fingerprint density at radius 3 is 2.76 bits per heavy atom. The molecule has 0 aliphatic rings. The van der Waals surface area contributed by atoms with E-state index in [1.54, 1.807) is 0 Å². The molecule has 138 valence electrons. The van der Waals surface area contributed by atoms with Crippen LogP contribution in [0.1, 0.15) is 11.3 Å². The normalized spacial score (nSPS) is 11.6. The second kappa shape index (κ2) is 6.20. The smallest absolute Gasteiger partial charge is 0.153 e. The lowest BCUT2D eigenvalue weighted by Crippen LogP contribution is -2.00. The zero-order valence-electron chi connectivity index (χ0n) is 15.2. The van der Waals surface area contributed by atoms with E-state index in [4.69, 9.17) is 9.73 Å². The van der Waals surface area contributed by atoms with Crippen molar-refractivity contribution >= 4 is 27.6 Å². The Labute approximate surface area is 164 Å². The highest BCUT2D eigenvalue weighted by atomic mass is 16.6. The Hall–Kier alpha value is -4.13. The van der Waals surface area contributed by atoms with E-state index in [1.165, 1.54) is 5.56 Å². The molecule has 0 aliphatic carbocycles. The lowest BCUT2D eigenvalue weighted by molar-refractivity contribution is 0.315. The Bertz CT molecular complexity index is 1500. The lowest BCUT2D eigenvalue weighted by Gasteiger charge is -2.06. The van der Waals surface area contributed by atoms with Crippen molar-refractivity contribution in [3.8, 4) is 11.3 Å². The zero-order chi connectivity index (χ0) is 19.2. The van der Waals surface area contributed by atoms with Gasteiger partial charge in [-0.25, -0.2) is 14.1 Å². The molecule has 0 aliphatic heterocycles. The third kappa shape index (κ3) is 2.71. The molecule has 7 heteroatoms. The summed E-state index contributed by atoms with van der Waals surface area (Å²) in [5.41, 5.74) is 7.24. The lowest BCUT2D eigenvalue weighted by atomic mass is 10.1. The number of pyridine rings is 1. The second-order valence-corrected chi connectivity index (χ2v) is 6.91. The van der Waals surface area contributed by atoms with Gasteiger partial charge in [0.25, 0.3) is 0 Å². The van der Waals surface area contributed by atoms with Crippen molar-refractivity contribution < 1.29 is 4.63 Å². The summed E-state index contributed by atoms with van der Waals surface area (Å²) in [6.45, 7) is 0. The predicted octanol–water partition coefficient (Wildman–Crippen LogP) is 4.07. The number of fused-ring (bicyclic) bond motifs is 3. The maximum Gasteiger partial charge on any atom is 0.153 e. The molecule has 0 amide bonds. The molecule has 0 radical (unpaired) electrons.